The van der Waals surface area contributed by atoms with Crippen molar-refractivity contribution in [3.05, 3.63) is 60.7 Å². The molecule has 3 heterocycles. The molecule has 0 spiro atoms. The molecule has 3 aliphatic rings. The maximum absolute atomic E-state index is 13.9. The molecule has 4 amide bonds. The molecule has 5 rings (SSSR count). The first-order valence-corrected chi connectivity index (χ1v) is 11.6. The molecule has 8 nitrogen and oxygen atoms in total. The first-order chi connectivity index (χ1) is 16.1. The summed E-state index contributed by atoms with van der Waals surface area (Å²) in [5.41, 5.74) is 1.33. The van der Waals surface area contributed by atoms with Crippen molar-refractivity contribution in [1.29, 1.82) is 0 Å². The van der Waals surface area contributed by atoms with E-state index in [0.29, 0.717) is 37.3 Å². The largest absolute Gasteiger partial charge is 0.480 e. The highest BCUT2D eigenvalue weighted by molar-refractivity contribution is 6.01. The van der Waals surface area contributed by atoms with Crippen LogP contribution in [0.1, 0.15) is 25.7 Å². The van der Waals surface area contributed by atoms with Crippen molar-refractivity contribution >= 4 is 29.4 Å². The number of rotatable bonds is 3. The first-order valence-electron chi connectivity index (χ1n) is 11.6. The highest BCUT2D eigenvalue weighted by Gasteiger charge is 2.54. The van der Waals surface area contributed by atoms with E-state index in [2.05, 4.69) is 0 Å². The van der Waals surface area contributed by atoms with E-state index < -0.39 is 18.1 Å². The van der Waals surface area contributed by atoms with E-state index in [1.807, 2.05) is 65.6 Å². The summed E-state index contributed by atoms with van der Waals surface area (Å²) in [5.74, 6) is -1.08. The molecule has 0 aromatic heterocycles. The Bertz CT molecular complexity index is 986. The molecule has 2 aromatic carbocycles. The lowest BCUT2D eigenvalue weighted by molar-refractivity contribution is -0.145. The third-order valence-electron chi connectivity index (χ3n) is 6.97. The van der Waals surface area contributed by atoms with Gasteiger partial charge in [0.05, 0.1) is 23.5 Å². The fourth-order valence-electron chi connectivity index (χ4n) is 5.47. The Morgan fingerprint density at radius 3 is 1.97 bits per heavy atom. The number of fused-ring (bicyclic) bond motifs is 2. The lowest BCUT2D eigenvalue weighted by Crippen LogP contribution is -2.67. The minimum Gasteiger partial charge on any atom is -0.480 e. The van der Waals surface area contributed by atoms with E-state index in [0.717, 1.165) is 12.8 Å². The van der Waals surface area contributed by atoms with Crippen LogP contribution in [-0.4, -0.2) is 75.6 Å². The van der Waals surface area contributed by atoms with Crippen molar-refractivity contribution in [2.24, 2.45) is 0 Å². The smallest absolute Gasteiger partial charge is 0.329 e. The second-order valence-electron chi connectivity index (χ2n) is 8.91. The lowest BCUT2D eigenvalue weighted by Gasteiger charge is -2.47. The van der Waals surface area contributed by atoms with E-state index >= 15 is 0 Å². The van der Waals surface area contributed by atoms with Gasteiger partial charge in [-0.1, -0.05) is 36.4 Å². The van der Waals surface area contributed by atoms with Crippen LogP contribution in [0.3, 0.4) is 0 Å². The van der Waals surface area contributed by atoms with Crippen molar-refractivity contribution in [3.63, 3.8) is 0 Å². The van der Waals surface area contributed by atoms with Gasteiger partial charge in [0.15, 0.2) is 6.04 Å². The fraction of sp³-hybridized carbons (Fsp3) is 0.400. The Morgan fingerprint density at radius 2 is 1.42 bits per heavy atom. The molecule has 1 N–H and O–H groups in total. The topological polar surface area (TPSA) is 84.4 Å². The van der Waals surface area contributed by atoms with Crippen LogP contribution in [0.2, 0.25) is 0 Å². The molecule has 172 valence electrons. The number of piperazine rings is 1. The second-order valence-corrected chi connectivity index (χ2v) is 8.91. The predicted octanol–water partition coefficient (Wildman–Crippen LogP) is 3.76. The molecular weight excluding hydrogens is 420 g/mol. The molecule has 33 heavy (non-hydrogen) atoms. The zero-order valence-corrected chi connectivity index (χ0v) is 18.4. The molecule has 3 fully saturated rings. The zero-order chi connectivity index (χ0) is 22.9. The van der Waals surface area contributed by atoms with Crippen LogP contribution < -0.4 is 4.90 Å². The van der Waals surface area contributed by atoms with Gasteiger partial charge in [-0.2, -0.15) is 0 Å². The molecule has 0 aliphatic carbocycles. The number of carbonyl (C=O) groups is 3. The summed E-state index contributed by atoms with van der Waals surface area (Å²) < 4.78 is 0. The van der Waals surface area contributed by atoms with Crippen molar-refractivity contribution in [2.45, 2.75) is 43.8 Å². The number of urea groups is 2. The number of likely N-dealkylation sites (tertiary alicyclic amines) is 2. The summed E-state index contributed by atoms with van der Waals surface area (Å²) in [6.07, 6.45) is 3.24. The average molecular weight is 449 g/mol. The van der Waals surface area contributed by atoms with E-state index in [1.165, 1.54) is 4.90 Å². The summed E-state index contributed by atoms with van der Waals surface area (Å²) in [7, 11) is 0. The SMILES string of the molecule is O=C(O)[C@@H]1[C@H]2CC[C@@H](CN1C(=O)N(c1ccccc1)c1ccccc1)N2C(=O)N1CCCC1. The molecule has 2 bridgehead atoms. The molecule has 3 aliphatic heterocycles. The van der Waals surface area contributed by atoms with Gasteiger partial charge >= 0.3 is 18.0 Å². The Morgan fingerprint density at radius 1 is 0.848 bits per heavy atom. The number of hydrogen-bond donors (Lipinski definition) is 1. The predicted molar refractivity (Wildman–Crippen MR) is 123 cm³/mol. The van der Waals surface area contributed by atoms with Crippen LogP contribution in [0.25, 0.3) is 0 Å². The molecule has 0 unspecified atom stereocenters. The number of benzene rings is 2. The van der Waals surface area contributed by atoms with Gasteiger partial charge in [0.1, 0.15) is 0 Å². The lowest BCUT2D eigenvalue weighted by atomic mass is 10.0. The van der Waals surface area contributed by atoms with Crippen LogP contribution in [-0.2, 0) is 4.79 Å². The molecule has 0 saturated carbocycles. The monoisotopic (exact) mass is 448 g/mol. The van der Waals surface area contributed by atoms with Crippen molar-refractivity contribution in [2.75, 3.05) is 24.5 Å². The molecule has 3 saturated heterocycles. The molecule has 3 atom stereocenters. The van der Waals surface area contributed by atoms with E-state index in [9.17, 15) is 19.5 Å². The van der Waals surface area contributed by atoms with Crippen LogP contribution >= 0.6 is 0 Å². The maximum Gasteiger partial charge on any atom is 0.329 e. The zero-order valence-electron chi connectivity index (χ0n) is 18.4. The van der Waals surface area contributed by atoms with E-state index in [1.54, 1.807) is 9.80 Å². The van der Waals surface area contributed by atoms with Gasteiger partial charge in [-0.3, -0.25) is 4.90 Å². The highest BCUT2D eigenvalue weighted by atomic mass is 16.4. The number of hydrogen-bond acceptors (Lipinski definition) is 3. The number of carboxylic acid groups (broad SMARTS) is 1. The minimum absolute atomic E-state index is 0.0821. The molecular formula is C25H28N4O4. The van der Waals surface area contributed by atoms with Gasteiger partial charge in [-0.05, 0) is 49.9 Å². The molecule has 8 heteroatoms. The third-order valence-corrected chi connectivity index (χ3v) is 6.97. The van der Waals surface area contributed by atoms with Crippen LogP contribution in [0.15, 0.2) is 60.7 Å². The quantitative estimate of drug-likeness (QED) is 0.775. The van der Waals surface area contributed by atoms with Crippen LogP contribution in [0.5, 0.6) is 0 Å². The van der Waals surface area contributed by atoms with Gasteiger partial charge in [-0.25, -0.2) is 14.4 Å². The van der Waals surface area contributed by atoms with Crippen molar-refractivity contribution in [1.82, 2.24) is 14.7 Å². The Labute approximate surface area is 193 Å². The van der Waals surface area contributed by atoms with Gasteiger partial charge in [0, 0.05) is 19.6 Å². The number of aliphatic carboxylic acids is 1. The number of nitrogens with zero attached hydrogens (tertiary/aromatic N) is 4. The number of carboxylic acids is 1. The van der Waals surface area contributed by atoms with Crippen LogP contribution in [0, 0.1) is 0 Å². The summed E-state index contributed by atoms with van der Waals surface area (Å²) in [4.78, 5) is 46.2. The third kappa shape index (κ3) is 3.79. The summed E-state index contributed by atoms with van der Waals surface area (Å²) in [5, 5.41) is 10.2. The standard InChI is InChI=1S/C25H28N4O4/c30-23(31)22-21-14-13-20(29(21)24(32)26-15-7-8-16-26)17-27(22)25(33)28(18-9-3-1-4-10-18)19-11-5-2-6-12-19/h1-6,9-12,20-22H,7-8,13-17H2,(H,30,31)/t20-,21+,22-/m0/s1. The minimum atomic E-state index is -1.09. The number of amides is 4. The van der Waals surface area contributed by atoms with Gasteiger partial charge in [0.2, 0.25) is 0 Å². The average Bonchev–Trinajstić information content (AvgIpc) is 3.47. The summed E-state index contributed by atoms with van der Waals surface area (Å²) >= 11 is 0. The summed E-state index contributed by atoms with van der Waals surface area (Å²) in [6.45, 7) is 1.64. The van der Waals surface area contributed by atoms with Gasteiger partial charge in [-0.15, -0.1) is 0 Å². The number of anilines is 2. The van der Waals surface area contributed by atoms with E-state index in [-0.39, 0.29) is 24.6 Å². The molecule has 0 radical (unpaired) electrons. The summed E-state index contributed by atoms with van der Waals surface area (Å²) in [6, 6.07) is 16.3. The molecule has 2 aromatic rings. The maximum atomic E-state index is 13.9. The van der Waals surface area contributed by atoms with Crippen LogP contribution in [0.4, 0.5) is 21.0 Å². The van der Waals surface area contributed by atoms with Crippen molar-refractivity contribution in [3.8, 4) is 0 Å². The number of carbonyl (C=O) groups excluding carboxylic acids is 2. The Hall–Kier alpha value is -3.55. The fourth-order valence-corrected chi connectivity index (χ4v) is 5.47. The van der Waals surface area contributed by atoms with Gasteiger partial charge in [0.25, 0.3) is 0 Å². The Kier molecular flexibility index (Phi) is 5.66. The van der Waals surface area contributed by atoms with E-state index in [4.69, 9.17) is 0 Å². The van der Waals surface area contributed by atoms with Crippen molar-refractivity contribution < 1.29 is 19.5 Å². The second kappa shape index (κ2) is 8.77. The Balaban J connectivity index is 1.48. The normalized spacial score (nSPS) is 24.1. The van der Waals surface area contributed by atoms with Gasteiger partial charge < -0.3 is 19.8 Å². The highest BCUT2D eigenvalue weighted by Crippen LogP contribution is 2.38. The number of para-hydroxylation sites is 2. The first kappa shape index (κ1) is 21.3.